The van der Waals surface area contributed by atoms with Gasteiger partial charge in [-0.05, 0) is 29.8 Å². The van der Waals surface area contributed by atoms with E-state index in [2.05, 4.69) is 43.6 Å². The lowest BCUT2D eigenvalue weighted by Gasteiger charge is -1.98. The van der Waals surface area contributed by atoms with E-state index in [0.717, 1.165) is 44.7 Å². The maximum Gasteiger partial charge on any atom is 0.0981 e. The van der Waals surface area contributed by atoms with E-state index in [1.807, 2.05) is 24.4 Å². The number of hydrogen-bond donors (Lipinski definition) is 3. The van der Waals surface area contributed by atoms with Gasteiger partial charge in [-0.1, -0.05) is 12.1 Å². The standard InChI is InChI=1S/C18H13N5O/c1-2-13(11-4-5-24-10-11)14-6-17(21-15(14)3-1)18-7-16(22-23-18)12-8-19-20-9-12/h1-10,21H,(H,19,20)(H,22,23). The fraction of sp³-hybridized carbons (Fsp3) is 0. The molecule has 6 heteroatoms. The largest absolute Gasteiger partial charge is 0.472 e. The van der Waals surface area contributed by atoms with Gasteiger partial charge in [0.05, 0.1) is 35.8 Å². The van der Waals surface area contributed by atoms with Crippen molar-refractivity contribution in [2.75, 3.05) is 0 Å². The first-order valence-electron chi connectivity index (χ1n) is 7.58. The molecule has 0 saturated carbocycles. The van der Waals surface area contributed by atoms with Crippen LogP contribution in [-0.4, -0.2) is 25.4 Å². The number of rotatable bonds is 3. The predicted molar refractivity (Wildman–Crippen MR) is 91.2 cm³/mol. The molecule has 6 nitrogen and oxygen atoms in total. The molecule has 0 radical (unpaired) electrons. The minimum atomic E-state index is 0.854. The lowest BCUT2D eigenvalue weighted by Crippen LogP contribution is -1.76. The highest BCUT2D eigenvalue weighted by atomic mass is 16.3. The van der Waals surface area contributed by atoms with Crippen LogP contribution in [0.25, 0.3) is 44.7 Å². The van der Waals surface area contributed by atoms with Crippen molar-refractivity contribution in [1.82, 2.24) is 25.4 Å². The van der Waals surface area contributed by atoms with Gasteiger partial charge in [-0.3, -0.25) is 10.2 Å². The van der Waals surface area contributed by atoms with E-state index in [0.29, 0.717) is 0 Å². The summed E-state index contributed by atoms with van der Waals surface area (Å²) < 4.78 is 5.22. The number of benzene rings is 1. The molecule has 4 heterocycles. The van der Waals surface area contributed by atoms with Gasteiger partial charge < -0.3 is 9.40 Å². The molecule has 3 N–H and O–H groups in total. The second-order valence-electron chi connectivity index (χ2n) is 5.62. The second-order valence-corrected chi connectivity index (χ2v) is 5.62. The van der Waals surface area contributed by atoms with Gasteiger partial charge in [0, 0.05) is 28.2 Å². The zero-order valence-corrected chi connectivity index (χ0v) is 12.6. The number of aromatic nitrogens is 5. The van der Waals surface area contributed by atoms with Crippen molar-refractivity contribution in [3.63, 3.8) is 0 Å². The van der Waals surface area contributed by atoms with E-state index in [1.165, 1.54) is 0 Å². The Labute approximate surface area is 136 Å². The molecular weight excluding hydrogens is 302 g/mol. The SMILES string of the molecule is c1cc(-c2ccoc2)c2cc(-c3cc(-c4cn[nH]c4)n[nH]3)[nH]c2c1. The summed E-state index contributed by atoms with van der Waals surface area (Å²) in [7, 11) is 0. The highest BCUT2D eigenvalue weighted by Gasteiger charge is 2.12. The molecule has 4 aromatic heterocycles. The first-order valence-corrected chi connectivity index (χ1v) is 7.58. The second kappa shape index (κ2) is 4.99. The molecule has 5 rings (SSSR count). The Kier molecular flexibility index (Phi) is 2.69. The molecule has 0 atom stereocenters. The van der Waals surface area contributed by atoms with Crippen LogP contribution in [0.2, 0.25) is 0 Å². The number of H-pyrrole nitrogens is 3. The van der Waals surface area contributed by atoms with Crippen molar-refractivity contribution < 1.29 is 4.42 Å². The fourth-order valence-electron chi connectivity index (χ4n) is 2.97. The molecule has 0 fully saturated rings. The van der Waals surface area contributed by atoms with Gasteiger partial charge in [0.1, 0.15) is 0 Å². The summed E-state index contributed by atoms with van der Waals surface area (Å²) in [4.78, 5) is 3.45. The van der Waals surface area contributed by atoms with Crippen LogP contribution in [0.15, 0.2) is 65.7 Å². The summed E-state index contributed by atoms with van der Waals surface area (Å²) in [6.07, 6.45) is 7.02. The van der Waals surface area contributed by atoms with Crippen molar-refractivity contribution in [3.8, 4) is 33.8 Å². The van der Waals surface area contributed by atoms with Crippen molar-refractivity contribution in [1.29, 1.82) is 0 Å². The van der Waals surface area contributed by atoms with Crippen LogP contribution in [0.4, 0.5) is 0 Å². The molecule has 24 heavy (non-hydrogen) atoms. The molecule has 0 aliphatic rings. The van der Waals surface area contributed by atoms with E-state index < -0.39 is 0 Å². The van der Waals surface area contributed by atoms with Crippen LogP contribution < -0.4 is 0 Å². The quantitative estimate of drug-likeness (QED) is 0.466. The number of nitrogens with one attached hydrogen (secondary N) is 3. The lowest BCUT2D eigenvalue weighted by atomic mass is 10.0. The normalized spacial score (nSPS) is 11.3. The third kappa shape index (κ3) is 1.97. The Balaban J connectivity index is 1.62. The Morgan fingerprint density at radius 2 is 2.00 bits per heavy atom. The van der Waals surface area contributed by atoms with Crippen LogP contribution in [-0.2, 0) is 0 Å². The number of hydrogen-bond acceptors (Lipinski definition) is 3. The third-order valence-corrected chi connectivity index (χ3v) is 4.16. The Hall–Kier alpha value is -3.54. The van der Waals surface area contributed by atoms with E-state index in [1.54, 1.807) is 18.7 Å². The Bertz CT molecular complexity index is 1100. The maximum absolute atomic E-state index is 5.22. The van der Waals surface area contributed by atoms with E-state index >= 15 is 0 Å². The van der Waals surface area contributed by atoms with Crippen LogP contribution >= 0.6 is 0 Å². The average Bonchev–Trinajstić information content (AvgIpc) is 3.42. The molecule has 5 aromatic rings. The minimum absolute atomic E-state index is 0.854. The Morgan fingerprint density at radius 3 is 2.83 bits per heavy atom. The number of furan rings is 1. The summed E-state index contributed by atoms with van der Waals surface area (Å²) in [5.74, 6) is 0. The van der Waals surface area contributed by atoms with Crippen LogP contribution in [0, 0.1) is 0 Å². The van der Waals surface area contributed by atoms with Crippen LogP contribution in [0.5, 0.6) is 0 Å². The Morgan fingerprint density at radius 1 is 1.00 bits per heavy atom. The fourth-order valence-corrected chi connectivity index (χ4v) is 2.97. The first-order chi connectivity index (χ1) is 11.9. The summed E-state index contributed by atoms with van der Waals surface area (Å²) >= 11 is 0. The molecule has 0 saturated heterocycles. The van der Waals surface area contributed by atoms with Gasteiger partial charge in [0.2, 0.25) is 0 Å². The predicted octanol–water partition coefficient (Wildman–Crippen LogP) is 4.21. The monoisotopic (exact) mass is 315 g/mol. The molecule has 0 amide bonds. The van der Waals surface area contributed by atoms with Crippen LogP contribution in [0.3, 0.4) is 0 Å². The van der Waals surface area contributed by atoms with Gasteiger partial charge in [-0.2, -0.15) is 10.2 Å². The topological polar surface area (TPSA) is 86.3 Å². The van der Waals surface area contributed by atoms with Crippen molar-refractivity contribution in [3.05, 3.63) is 61.3 Å². The van der Waals surface area contributed by atoms with Gasteiger partial charge in [-0.15, -0.1) is 0 Å². The summed E-state index contributed by atoms with van der Waals surface area (Å²) in [5, 5.41) is 15.3. The van der Waals surface area contributed by atoms with Gasteiger partial charge in [-0.25, -0.2) is 0 Å². The summed E-state index contributed by atoms with van der Waals surface area (Å²) in [6.45, 7) is 0. The molecular formula is C18H13N5O. The number of fused-ring (bicyclic) bond motifs is 1. The lowest BCUT2D eigenvalue weighted by molar-refractivity contribution is 0.568. The molecule has 0 unspecified atom stereocenters. The number of nitrogens with zero attached hydrogens (tertiary/aromatic N) is 2. The van der Waals surface area contributed by atoms with Crippen molar-refractivity contribution in [2.45, 2.75) is 0 Å². The van der Waals surface area contributed by atoms with E-state index in [9.17, 15) is 0 Å². The highest BCUT2D eigenvalue weighted by Crippen LogP contribution is 2.32. The van der Waals surface area contributed by atoms with Gasteiger partial charge >= 0.3 is 0 Å². The van der Waals surface area contributed by atoms with Crippen LogP contribution in [0.1, 0.15) is 0 Å². The molecule has 0 spiro atoms. The molecule has 0 aliphatic carbocycles. The molecule has 0 bridgehead atoms. The molecule has 1 aromatic carbocycles. The highest BCUT2D eigenvalue weighted by molar-refractivity contribution is 5.97. The molecule has 116 valence electrons. The van der Waals surface area contributed by atoms with Gasteiger partial charge in [0.25, 0.3) is 0 Å². The summed E-state index contributed by atoms with van der Waals surface area (Å²) in [6, 6.07) is 12.3. The summed E-state index contributed by atoms with van der Waals surface area (Å²) in [5.41, 5.74) is 7.00. The van der Waals surface area contributed by atoms with E-state index in [-0.39, 0.29) is 0 Å². The van der Waals surface area contributed by atoms with Gasteiger partial charge in [0.15, 0.2) is 0 Å². The average molecular weight is 315 g/mol. The number of aromatic amines is 3. The molecule has 0 aliphatic heterocycles. The van der Waals surface area contributed by atoms with Crippen molar-refractivity contribution >= 4 is 10.9 Å². The zero-order chi connectivity index (χ0) is 15.9. The van der Waals surface area contributed by atoms with Crippen molar-refractivity contribution in [2.24, 2.45) is 0 Å². The smallest absolute Gasteiger partial charge is 0.0981 e. The minimum Gasteiger partial charge on any atom is -0.472 e. The third-order valence-electron chi connectivity index (χ3n) is 4.16. The zero-order valence-electron chi connectivity index (χ0n) is 12.6. The first kappa shape index (κ1) is 13.0. The maximum atomic E-state index is 5.22. The van der Waals surface area contributed by atoms with E-state index in [4.69, 9.17) is 4.42 Å².